The SMILES string of the molecule is O=C(Nc1cc(C(F)(F)F)ccc1Cl)c1nn2c(c1Cl)N[C@@H](c1ccc(Br)cc1)C[C@@H]2C(F)(F)F. The van der Waals surface area contributed by atoms with Crippen LogP contribution in [0.5, 0.6) is 0 Å². The molecule has 186 valence electrons. The molecule has 1 aromatic heterocycles. The Morgan fingerprint density at radius 1 is 1.09 bits per heavy atom. The summed E-state index contributed by atoms with van der Waals surface area (Å²) in [6.45, 7) is 0. The molecule has 0 saturated carbocycles. The Labute approximate surface area is 212 Å². The first-order valence-electron chi connectivity index (χ1n) is 9.80. The number of anilines is 2. The minimum atomic E-state index is -4.72. The predicted octanol–water partition coefficient (Wildman–Crippen LogP) is 7.88. The van der Waals surface area contributed by atoms with Crippen molar-refractivity contribution in [2.45, 2.75) is 30.9 Å². The Balaban J connectivity index is 1.70. The second-order valence-corrected chi connectivity index (χ2v) is 9.34. The molecule has 0 bridgehead atoms. The number of fused-ring (bicyclic) bond motifs is 1. The van der Waals surface area contributed by atoms with Crippen LogP contribution >= 0.6 is 39.1 Å². The number of halogens is 9. The van der Waals surface area contributed by atoms with Crippen LogP contribution in [0.1, 0.15) is 40.1 Å². The topological polar surface area (TPSA) is 59.0 Å². The highest BCUT2D eigenvalue weighted by Gasteiger charge is 2.48. The van der Waals surface area contributed by atoms with Crippen molar-refractivity contribution < 1.29 is 31.1 Å². The van der Waals surface area contributed by atoms with Crippen LogP contribution < -0.4 is 10.6 Å². The van der Waals surface area contributed by atoms with Gasteiger partial charge in [0.25, 0.3) is 5.91 Å². The number of alkyl halides is 6. The van der Waals surface area contributed by atoms with Gasteiger partial charge < -0.3 is 10.6 Å². The van der Waals surface area contributed by atoms with Gasteiger partial charge in [0.1, 0.15) is 10.8 Å². The van der Waals surface area contributed by atoms with Crippen molar-refractivity contribution in [3.05, 3.63) is 73.8 Å². The fourth-order valence-electron chi connectivity index (χ4n) is 3.63. The van der Waals surface area contributed by atoms with Crippen molar-refractivity contribution in [1.82, 2.24) is 9.78 Å². The molecule has 35 heavy (non-hydrogen) atoms. The highest BCUT2D eigenvalue weighted by molar-refractivity contribution is 9.10. The van der Waals surface area contributed by atoms with Gasteiger partial charge in [0.15, 0.2) is 11.7 Å². The Bertz CT molecular complexity index is 1280. The lowest BCUT2D eigenvalue weighted by Gasteiger charge is -2.33. The van der Waals surface area contributed by atoms with E-state index in [9.17, 15) is 31.1 Å². The van der Waals surface area contributed by atoms with Gasteiger partial charge in [0, 0.05) is 10.9 Å². The average molecular weight is 602 g/mol. The molecule has 0 spiro atoms. The normalized spacial score (nSPS) is 18.1. The van der Waals surface area contributed by atoms with E-state index in [0.717, 1.165) is 16.6 Å². The standard InChI is InChI=1S/C21H13BrCl2F6N4O/c22-11-4-1-9(2-5-11)13-8-15(21(28,29)30)34-18(31-13)16(24)17(33-34)19(35)32-14-7-10(20(25,26)27)3-6-12(14)23/h1-7,13,15,31H,8H2,(H,32,35)/t13-,15-/m1/s1. The summed E-state index contributed by atoms with van der Waals surface area (Å²) in [6, 6.07) is 5.97. The zero-order chi connectivity index (χ0) is 25.7. The first kappa shape index (κ1) is 25.6. The minimum absolute atomic E-state index is 0.215. The van der Waals surface area contributed by atoms with Crippen LogP contribution in [0.4, 0.5) is 37.8 Å². The molecule has 1 aliphatic heterocycles. The maximum absolute atomic E-state index is 13.9. The zero-order valence-electron chi connectivity index (χ0n) is 17.1. The second kappa shape index (κ2) is 9.21. The summed E-state index contributed by atoms with van der Waals surface area (Å²) >= 11 is 15.4. The molecule has 14 heteroatoms. The maximum Gasteiger partial charge on any atom is 0.416 e. The van der Waals surface area contributed by atoms with Crippen LogP contribution in [0.3, 0.4) is 0 Å². The molecule has 0 unspecified atom stereocenters. The van der Waals surface area contributed by atoms with Gasteiger partial charge in [-0.05, 0) is 35.9 Å². The van der Waals surface area contributed by atoms with E-state index < -0.39 is 58.7 Å². The number of rotatable bonds is 3. The highest BCUT2D eigenvalue weighted by atomic mass is 79.9. The molecule has 2 N–H and O–H groups in total. The molecule has 0 radical (unpaired) electrons. The Morgan fingerprint density at radius 3 is 2.34 bits per heavy atom. The summed E-state index contributed by atoms with van der Waals surface area (Å²) in [6.07, 6.45) is -9.87. The number of hydrogen-bond donors (Lipinski definition) is 2. The number of amides is 1. The number of carbonyl (C=O) groups is 1. The number of nitrogens with one attached hydrogen (secondary N) is 2. The minimum Gasteiger partial charge on any atom is -0.362 e. The lowest BCUT2D eigenvalue weighted by Crippen LogP contribution is -2.35. The second-order valence-electron chi connectivity index (χ2n) is 7.64. The van der Waals surface area contributed by atoms with Crippen molar-refractivity contribution in [1.29, 1.82) is 0 Å². The van der Waals surface area contributed by atoms with E-state index in [1.54, 1.807) is 24.3 Å². The molecular weight excluding hydrogens is 589 g/mol. The quantitative estimate of drug-likeness (QED) is 0.300. The zero-order valence-corrected chi connectivity index (χ0v) is 20.2. The van der Waals surface area contributed by atoms with E-state index in [0.29, 0.717) is 16.3 Å². The van der Waals surface area contributed by atoms with E-state index in [1.807, 2.05) is 0 Å². The number of benzene rings is 2. The predicted molar refractivity (Wildman–Crippen MR) is 122 cm³/mol. The van der Waals surface area contributed by atoms with Gasteiger partial charge in [-0.25, -0.2) is 4.68 Å². The molecule has 5 nitrogen and oxygen atoms in total. The molecule has 4 rings (SSSR count). The lowest BCUT2D eigenvalue weighted by atomic mass is 9.97. The van der Waals surface area contributed by atoms with Crippen LogP contribution in [0.25, 0.3) is 0 Å². The van der Waals surface area contributed by atoms with Crippen LogP contribution in [0.15, 0.2) is 46.9 Å². The van der Waals surface area contributed by atoms with Crippen LogP contribution in [-0.2, 0) is 6.18 Å². The van der Waals surface area contributed by atoms with Crippen LogP contribution in [0, 0.1) is 0 Å². The highest BCUT2D eigenvalue weighted by Crippen LogP contribution is 2.46. The van der Waals surface area contributed by atoms with Crippen LogP contribution in [-0.4, -0.2) is 21.9 Å². The number of hydrogen-bond acceptors (Lipinski definition) is 3. The molecule has 0 saturated heterocycles. The molecule has 1 aliphatic rings. The molecule has 2 aromatic carbocycles. The van der Waals surface area contributed by atoms with Gasteiger partial charge in [-0.3, -0.25) is 4.79 Å². The van der Waals surface area contributed by atoms with Crippen molar-refractivity contribution >= 4 is 56.5 Å². The smallest absolute Gasteiger partial charge is 0.362 e. The molecule has 1 amide bonds. The fraction of sp³-hybridized carbons (Fsp3) is 0.238. The monoisotopic (exact) mass is 600 g/mol. The summed E-state index contributed by atoms with van der Waals surface area (Å²) in [7, 11) is 0. The third kappa shape index (κ3) is 5.24. The molecule has 2 atom stereocenters. The van der Waals surface area contributed by atoms with Gasteiger partial charge in [-0.15, -0.1) is 0 Å². The number of aromatic nitrogens is 2. The summed E-state index contributed by atoms with van der Waals surface area (Å²) < 4.78 is 82.1. The van der Waals surface area contributed by atoms with E-state index >= 15 is 0 Å². The number of nitrogens with zero attached hydrogens (tertiary/aromatic N) is 2. The summed E-state index contributed by atoms with van der Waals surface area (Å²) in [4.78, 5) is 12.8. The Morgan fingerprint density at radius 2 is 1.74 bits per heavy atom. The lowest BCUT2D eigenvalue weighted by molar-refractivity contribution is -0.173. The van der Waals surface area contributed by atoms with Crippen molar-refractivity contribution in [2.24, 2.45) is 0 Å². The summed E-state index contributed by atoms with van der Waals surface area (Å²) in [5.74, 6) is -1.37. The Hall–Kier alpha value is -2.44. The van der Waals surface area contributed by atoms with Gasteiger partial charge in [-0.1, -0.05) is 51.3 Å². The van der Waals surface area contributed by atoms with Crippen molar-refractivity contribution in [2.75, 3.05) is 10.6 Å². The first-order valence-corrected chi connectivity index (χ1v) is 11.4. The summed E-state index contributed by atoms with van der Waals surface area (Å²) in [5, 5.41) is 8.15. The third-order valence-electron chi connectivity index (χ3n) is 5.32. The summed E-state index contributed by atoms with van der Waals surface area (Å²) in [5.41, 5.74) is -1.54. The van der Waals surface area contributed by atoms with Gasteiger partial charge in [0.05, 0.1) is 22.3 Å². The van der Waals surface area contributed by atoms with Crippen molar-refractivity contribution in [3.63, 3.8) is 0 Å². The molecular formula is C21H13BrCl2F6N4O. The largest absolute Gasteiger partial charge is 0.416 e. The van der Waals surface area contributed by atoms with Gasteiger partial charge in [0.2, 0.25) is 0 Å². The van der Waals surface area contributed by atoms with E-state index in [-0.39, 0.29) is 10.8 Å². The average Bonchev–Trinajstić information content (AvgIpc) is 3.10. The molecule has 0 fully saturated rings. The maximum atomic E-state index is 13.9. The first-order chi connectivity index (χ1) is 16.3. The molecule has 3 aromatic rings. The fourth-order valence-corrected chi connectivity index (χ4v) is 4.32. The molecule has 2 heterocycles. The van der Waals surface area contributed by atoms with E-state index in [1.165, 1.54) is 0 Å². The van der Waals surface area contributed by atoms with E-state index in [2.05, 4.69) is 31.7 Å². The number of carbonyl (C=O) groups excluding carboxylic acids is 1. The Kier molecular flexibility index (Phi) is 6.75. The molecule has 0 aliphatic carbocycles. The van der Waals surface area contributed by atoms with Crippen molar-refractivity contribution in [3.8, 4) is 0 Å². The van der Waals surface area contributed by atoms with Gasteiger partial charge >= 0.3 is 12.4 Å². The third-order valence-corrected chi connectivity index (χ3v) is 6.54. The van der Waals surface area contributed by atoms with Crippen LogP contribution in [0.2, 0.25) is 10.0 Å². The van der Waals surface area contributed by atoms with E-state index in [4.69, 9.17) is 23.2 Å². The van der Waals surface area contributed by atoms with Gasteiger partial charge in [-0.2, -0.15) is 31.4 Å².